The molecule has 0 aromatic rings. The second-order valence-electron chi connectivity index (χ2n) is 19.3. The minimum atomic E-state index is -0.0692. The van der Waals surface area contributed by atoms with Gasteiger partial charge in [0, 0.05) is 45.7 Å². The van der Waals surface area contributed by atoms with Gasteiger partial charge in [0.2, 0.25) is 12.3 Å². The van der Waals surface area contributed by atoms with Crippen LogP contribution in [0.3, 0.4) is 0 Å². The monoisotopic (exact) mass is 906 g/mol. The molecule has 0 heterocycles. The molecule has 0 unspecified atom stereocenters. The maximum Gasteiger partial charge on any atom is 0.305 e. The molecular weight excluding hydrogens is 795 g/mol. The molecule has 9 nitrogen and oxygen atoms in total. The minimum Gasteiger partial charge on any atom is -0.466 e. The number of unbranched alkanes of at least 4 members (excludes halogenated alkanes) is 26. The summed E-state index contributed by atoms with van der Waals surface area (Å²) in [6.45, 7) is 22.1. The van der Waals surface area contributed by atoms with Crippen molar-refractivity contribution in [2.75, 3.05) is 85.1 Å². The van der Waals surface area contributed by atoms with Gasteiger partial charge in [-0.15, -0.1) is 0 Å². The number of ether oxygens (including phenoxy) is 1. The first-order valence-corrected chi connectivity index (χ1v) is 28.2. The molecule has 0 aliphatic heterocycles. The van der Waals surface area contributed by atoms with Crippen molar-refractivity contribution in [2.24, 2.45) is 0 Å². The van der Waals surface area contributed by atoms with Gasteiger partial charge in [0.05, 0.1) is 13.2 Å². The van der Waals surface area contributed by atoms with Gasteiger partial charge in [-0.05, 0) is 77.7 Å². The summed E-state index contributed by atoms with van der Waals surface area (Å²) in [7, 11) is 0. The Morgan fingerprint density at radius 3 is 1.20 bits per heavy atom. The topological polar surface area (TPSA) is 85.4 Å². The normalized spacial score (nSPS) is 11.6. The summed E-state index contributed by atoms with van der Waals surface area (Å²) in [5, 5.41) is 2.83. The van der Waals surface area contributed by atoms with E-state index in [-0.39, 0.29) is 11.9 Å². The lowest BCUT2D eigenvalue weighted by Crippen LogP contribution is -2.46. The summed E-state index contributed by atoms with van der Waals surface area (Å²) < 4.78 is 5.60. The lowest BCUT2D eigenvalue weighted by Gasteiger charge is -2.31. The number of hydrogen-bond acceptors (Lipinski definition) is 7. The standard InChI is InChI=1S/C55H111N5O4/c1-6-11-16-20-24-28-33-41-57(46-38-51-64-55(63)39-32-15-10-5)45-37-47-60(48-40-56-53-61)54(62)52-59(44-36-31-27-23-19-14-9-4)50-49-58(42-34-29-25-21-17-12-7-2)43-35-30-26-22-18-13-8-3/h53H,6-52H2,1-5H3,(H,56,61). The fourth-order valence-corrected chi connectivity index (χ4v) is 8.86. The van der Waals surface area contributed by atoms with E-state index in [1.165, 1.54) is 186 Å². The van der Waals surface area contributed by atoms with Crippen LogP contribution in [0.1, 0.15) is 253 Å². The first-order chi connectivity index (χ1) is 31.4. The Bertz CT molecular complexity index is 968. The molecule has 0 aliphatic rings. The van der Waals surface area contributed by atoms with Crippen LogP contribution in [0.2, 0.25) is 0 Å². The van der Waals surface area contributed by atoms with Gasteiger partial charge in [0.1, 0.15) is 0 Å². The Morgan fingerprint density at radius 2 is 0.750 bits per heavy atom. The van der Waals surface area contributed by atoms with Gasteiger partial charge in [-0.25, -0.2) is 0 Å². The van der Waals surface area contributed by atoms with Gasteiger partial charge in [0.25, 0.3) is 0 Å². The molecule has 64 heavy (non-hydrogen) atoms. The molecule has 0 aliphatic carbocycles. The zero-order chi connectivity index (χ0) is 46.8. The second-order valence-corrected chi connectivity index (χ2v) is 19.3. The highest BCUT2D eigenvalue weighted by atomic mass is 16.5. The predicted octanol–water partition coefficient (Wildman–Crippen LogP) is 13.4. The van der Waals surface area contributed by atoms with E-state index in [1.807, 2.05) is 4.90 Å². The van der Waals surface area contributed by atoms with Crippen molar-refractivity contribution in [3.8, 4) is 0 Å². The Morgan fingerprint density at radius 1 is 0.391 bits per heavy atom. The highest BCUT2D eigenvalue weighted by Gasteiger charge is 2.19. The maximum atomic E-state index is 14.3. The number of rotatable bonds is 53. The average Bonchev–Trinajstić information content (AvgIpc) is 3.29. The third kappa shape index (κ3) is 42.9. The van der Waals surface area contributed by atoms with Crippen LogP contribution >= 0.6 is 0 Å². The van der Waals surface area contributed by atoms with Gasteiger partial charge in [-0.3, -0.25) is 19.3 Å². The zero-order valence-electron chi connectivity index (χ0n) is 43.7. The Balaban J connectivity index is 5.69. The molecule has 0 rings (SSSR count). The van der Waals surface area contributed by atoms with E-state index >= 15 is 0 Å². The van der Waals surface area contributed by atoms with Crippen molar-refractivity contribution in [3.63, 3.8) is 0 Å². The Kier molecular flexibility index (Phi) is 49.3. The number of hydrogen-bond donors (Lipinski definition) is 1. The van der Waals surface area contributed by atoms with E-state index < -0.39 is 0 Å². The van der Waals surface area contributed by atoms with Crippen molar-refractivity contribution in [1.82, 2.24) is 24.9 Å². The number of nitrogens with one attached hydrogen (secondary N) is 1. The highest BCUT2D eigenvalue weighted by Crippen LogP contribution is 2.13. The maximum absolute atomic E-state index is 14.3. The molecule has 0 aromatic carbocycles. The van der Waals surface area contributed by atoms with Gasteiger partial charge < -0.3 is 24.8 Å². The van der Waals surface area contributed by atoms with Crippen LogP contribution < -0.4 is 5.32 Å². The quantitative estimate of drug-likeness (QED) is 0.0370. The molecule has 0 saturated heterocycles. The highest BCUT2D eigenvalue weighted by molar-refractivity contribution is 5.78. The lowest BCUT2D eigenvalue weighted by molar-refractivity contribution is -0.144. The van der Waals surface area contributed by atoms with E-state index in [9.17, 15) is 14.4 Å². The van der Waals surface area contributed by atoms with Crippen LogP contribution in [-0.4, -0.2) is 123 Å². The minimum absolute atomic E-state index is 0.0692. The number of carbonyl (C=O) groups excluding carboxylic acids is 3. The predicted molar refractivity (Wildman–Crippen MR) is 276 cm³/mol. The third-order valence-electron chi connectivity index (χ3n) is 13.1. The van der Waals surface area contributed by atoms with Crippen molar-refractivity contribution in [1.29, 1.82) is 0 Å². The number of amides is 2. The summed E-state index contributed by atoms with van der Waals surface area (Å²) in [5.74, 6) is 0.121. The number of esters is 1. The van der Waals surface area contributed by atoms with Crippen molar-refractivity contribution in [3.05, 3.63) is 0 Å². The van der Waals surface area contributed by atoms with Crippen LogP contribution in [-0.2, 0) is 19.1 Å². The molecule has 2 amide bonds. The Labute approximate surface area is 399 Å². The first-order valence-electron chi connectivity index (χ1n) is 28.2. The van der Waals surface area contributed by atoms with Crippen LogP contribution in [0.25, 0.3) is 0 Å². The molecule has 0 radical (unpaired) electrons. The number of nitrogens with zero attached hydrogens (tertiary/aromatic N) is 4. The van der Waals surface area contributed by atoms with E-state index in [4.69, 9.17) is 4.74 Å². The smallest absolute Gasteiger partial charge is 0.305 e. The van der Waals surface area contributed by atoms with E-state index in [0.29, 0.717) is 39.2 Å². The molecule has 0 atom stereocenters. The van der Waals surface area contributed by atoms with E-state index in [2.05, 4.69) is 54.6 Å². The largest absolute Gasteiger partial charge is 0.466 e. The molecule has 0 saturated carbocycles. The van der Waals surface area contributed by atoms with Crippen molar-refractivity contribution >= 4 is 18.3 Å². The van der Waals surface area contributed by atoms with Crippen LogP contribution in [0.4, 0.5) is 0 Å². The van der Waals surface area contributed by atoms with Crippen LogP contribution in [0.15, 0.2) is 0 Å². The molecule has 0 spiro atoms. The lowest BCUT2D eigenvalue weighted by atomic mass is 10.1. The Hall–Kier alpha value is -1.71. The molecule has 0 fully saturated rings. The van der Waals surface area contributed by atoms with E-state index in [0.717, 1.165) is 84.2 Å². The summed E-state index contributed by atoms with van der Waals surface area (Å²) in [6.07, 6.45) is 42.7. The van der Waals surface area contributed by atoms with Crippen molar-refractivity contribution in [2.45, 2.75) is 253 Å². The summed E-state index contributed by atoms with van der Waals surface area (Å²) >= 11 is 0. The third-order valence-corrected chi connectivity index (χ3v) is 13.1. The molecule has 1 N–H and O–H groups in total. The van der Waals surface area contributed by atoms with E-state index in [1.54, 1.807) is 0 Å². The fourth-order valence-electron chi connectivity index (χ4n) is 8.86. The van der Waals surface area contributed by atoms with Crippen molar-refractivity contribution < 1.29 is 19.1 Å². The van der Waals surface area contributed by atoms with Gasteiger partial charge in [-0.2, -0.15) is 0 Å². The molecular formula is C55H111N5O4. The summed E-state index contributed by atoms with van der Waals surface area (Å²) in [4.78, 5) is 47.6. The molecule has 0 bridgehead atoms. The average molecular weight is 907 g/mol. The SMILES string of the molecule is CCCCCCCCCN(CCCOC(=O)CCCCC)CCCN(CCNC=O)C(=O)CN(CCCCCCCCC)CCN(CCCCCCCCC)CCCCCCCCC. The molecule has 9 heteroatoms. The van der Waals surface area contributed by atoms with Gasteiger partial charge >= 0.3 is 5.97 Å². The van der Waals surface area contributed by atoms with Gasteiger partial charge in [-0.1, -0.05) is 202 Å². The fraction of sp³-hybridized carbons (Fsp3) is 0.945. The molecule has 0 aromatic heterocycles. The number of carbonyl (C=O) groups is 3. The molecule has 380 valence electrons. The van der Waals surface area contributed by atoms with Gasteiger partial charge in [0.15, 0.2) is 0 Å². The zero-order valence-corrected chi connectivity index (χ0v) is 43.7. The van der Waals surface area contributed by atoms with Crippen LogP contribution in [0.5, 0.6) is 0 Å². The first kappa shape index (κ1) is 62.3. The summed E-state index contributed by atoms with van der Waals surface area (Å²) in [5.41, 5.74) is 0. The summed E-state index contributed by atoms with van der Waals surface area (Å²) in [6, 6.07) is 0. The second kappa shape index (κ2) is 50.7. The van der Waals surface area contributed by atoms with Crippen LogP contribution in [0, 0.1) is 0 Å².